The number of pyridine rings is 1. The van der Waals surface area contributed by atoms with Gasteiger partial charge in [0.15, 0.2) is 0 Å². The molecule has 5 nitrogen and oxygen atoms in total. The van der Waals surface area contributed by atoms with E-state index in [4.69, 9.17) is 11.6 Å². The summed E-state index contributed by atoms with van der Waals surface area (Å²) in [4.78, 5) is 31.2. The van der Waals surface area contributed by atoms with Crippen LogP contribution in [0.25, 0.3) is 5.76 Å². The summed E-state index contributed by atoms with van der Waals surface area (Å²) in [7, 11) is 0. The van der Waals surface area contributed by atoms with Gasteiger partial charge in [0, 0.05) is 28.7 Å². The maximum atomic E-state index is 12.9. The normalized spacial score (nSPS) is 18.5. The zero-order valence-corrected chi connectivity index (χ0v) is 15.4. The van der Waals surface area contributed by atoms with E-state index in [0.29, 0.717) is 21.8 Å². The van der Waals surface area contributed by atoms with Crippen LogP contribution in [0.2, 0.25) is 5.02 Å². The highest BCUT2D eigenvalue weighted by molar-refractivity contribution is 6.51. The number of aliphatic hydroxyl groups is 1. The second-order valence-corrected chi connectivity index (χ2v) is 6.73. The van der Waals surface area contributed by atoms with Gasteiger partial charge in [0.05, 0.1) is 11.6 Å². The SMILES string of the molecule is O=C1C(=O)N(c2cccc(Cl)c2)C(c2ccncc2)/C1=C(\O)c1ccccc1. The molecule has 0 saturated carbocycles. The molecule has 1 aliphatic rings. The molecule has 1 amide bonds. The first-order valence-corrected chi connectivity index (χ1v) is 8.97. The Labute approximate surface area is 166 Å². The lowest BCUT2D eigenvalue weighted by atomic mass is 9.96. The minimum atomic E-state index is -0.790. The molecule has 1 aliphatic heterocycles. The second-order valence-electron chi connectivity index (χ2n) is 6.30. The minimum Gasteiger partial charge on any atom is -0.507 e. The van der Waals surface area contributed by atoms with Gasteiger partial charge in [-0.1, -0.05) is 48.0 Å². The number of anilines is 1. The first-order chi connectivity index (χ1) is 13.6. The van der Waals surface area contributed by atoms with Gasteiger partial charge in [0.1, 0.15) is 5.76 Å². The number of hydrogen-bond donors (Lipinski definition) is 1. The quantitative estimate of drug-likeness (QED) is 0.410. The molecule has 1 N–H and O–H groups in total. The molecule has 138 valence electrons. The van der Waals surface area contributed by atoms with Crippen molar-refractivity contribution >= 4 is 34.7 Å². The van der Waals surface area contributed by atoms with Gasteiger partial charge in [-0.2, -0.15) is 0 Å². The summed E-state index contributed by atoms with van der Waals surface area (Å²) in [6.07, 6.45) is 3.16. The third kappa shape index (κ3) is 3.06. The van der Waals surface area contributed by atoms with Crippen molar-refractivity contribution in [2.75, 3.05) is 4.90 Å². The second kappa shape index (κ2) is 7.29. The number of nitrogens with zero attached hydrogens (tertiary/aromatic N) is 2. The van der Waals surface area contributed by atoms with E-state index in [-0.39, 0.29) is 11.3 Å². The fourth-order valence-corrected chi connectivity index (χ4v) is 3.52. The number of aromatic nitrogens is 1. The molecule has 3 aromatic rings. The number of amides is 1. The molecule has 0 spiro atoms. The van der Waals surface area contributed by atoms with E-state index >= 15 is 0 Å². The molecule has 0 aliphatic carbocycles. The number of aliphatic hydroxyl groups excluding tert-OH is 1. The number of ketones is 1. The fourth-order valence-electron chi connectivity index (χ4n) is 3.34. The molecule has 1 aromatic heterocycles. The van der Waals surface area contributed by atoms with Gasteiger partial charge in [0.25, 0.3) is 11.7 Å². The lowest BCUT2D eigenvalue weighted by molar-refractivity contribution is -0.132. The Balaban J connectivity index is 1.95. The molecule has 2 aromatic carbocycles. The van der Waals surface area contributed by atoms with Crippen LogP contribution >= 0.6 is 11.6 Å². The average molecular weight is 391 g/mol. The van der Waals surface area contributed by atoms with Crippen LogP contribution in [-0.2, 0) is 9.59 Å². The van der Waals surface area contributed by atoms with Crippen molar-refractivity contribution in [1.82, 2.24) is 4.98 Å². The van der Waals surface area contributed by atoms with Crippen LogP contribution in [0, 0.1) is 0 Å². The topological polar surface area (TPSA) is 70.5 Å². The number of Topliss-reactive ketones (excluding diaryl/α,β-unsaturated/α-hetero) is 1. The highest BCUT2D eigenvalue weighted by Crippen LogP contribution is 2.42. The summed E-state index contributed by atoms with van der Waals surface area (Å²) in [5.41, 5.74) is 1.63. The van der Waals surface area contributed by atoms with Crippen molar-refractivity contribution in [2.24, 2.45) is 0 Å². The largest absolute Gasteiger partial charge is 0.507 e. The smallest absolute Gasteiger partial charge is 0.300 e. The van der Waals surface area contributed by atoms with Crippen molar-refractivity contribution in [3.8, 4) is 0 Å². The van der Waals surface area contributed by atoms with E-state index in [9.17, 15) is 14.7 Å². The standard InChI is InChI=1S/C22H15ClN2O3/c23-16-7-4-8-17(13-16)25-19(14-9-11-24-12-10-14)18(21(27)22(25)28)20(26)15-5-2-1-3-6-15/h1-13,19,26H/b20-18+. The average Bonchev–Trinajstić information content (AvgIpc) is 3.00. The molecule has 1 unspecified atom stereocenters. The van der Waals surface area contributed by atoms with Gasteiger partial charge in [-0.25, -0.2) is 0 Å². The number of rotatable bonds is 3. The molecule has 2 heterocycles. The van der Waals surface area contributed by atoms with Crippen molar-refractivity contribution in [2.45, 2.75) is 6.04 Å². The van der Waals surface area contributed by atoms with Crippen LogP contribution in [0.4, 0.5) is 5.69 Å². The number of carbonyl (C=O) groups is 2. The highest BCUT2D eigenvalue weighted by Gasteiger charge is 2.46. The predicted molar refractivity (Wildman–Crippen MR) is 107 cm³/mol. The van der Waals surface area contributed by atoms with Crippen LogP contribution in [0.5, 0.6) is 0 Å². The van der Waals surface area contributed by atoms with Gasteiger partial charge in [-0.3, -0.25) is 19.5 Å². The maximum absolute atomic E-state index is 12.9. The number of hydrogen-bond acceptors (Lipinski definition) is 4. The lowest BCUT2D eigenvalue weighted by Gasteiger charge is -2.25. The minimum absolute atomic E-state index is 0.0300. The van der Waals surface area contributed by atoms with Gasteiger partial charge in [0.2, 0.25) is 0 Å². The van der Waals surface area contributed by atoms with E-state index in [1.807, 2.05) is 6.07 Å². The van der Waals surface area contributed by atoms with E-state index < -0.39 is 17.7 Å². The summed E-state index contributed by atoms with van der Waals surface area (Å²) in [6.45, 7) is 0. The number of carbonyl (C=O) groups excluding carboxylic acids is 2. The Bertz CT molecular complexity index is 1080. The molecule has 0 bridgehead atoms. The Hall–Kier alpha value is -3.44. The maximum Gasteiger partial charge on any atom is 0.300 e. The predicted octanol–water partition coefficient (Wildman–Crippen LogP) is 4.36. The zero-order valence-electron chi connectivity index (χ0n) is 14.6. The van der Waals surface area contributed by atoms with Gasteiger partial charge in [-0.05, 0) is 35.9 Å². The van der Waals surface area contributed by atoms with Crippen molar-refractivity contribution in [3.63, 3.8) is 0 Å². The van der Waals surface area contributed by atoms with Gasteiger partial charge in [-0.15, -0.1) is 0 Å². The highest BCUT2D eigenvalue weighted by atomic mass is 35.5. The summed E-state index contributed by atoms with van der Waals surface area (Å²) >= 11 is 6.10. The third-order valence-electron chi connectivity index (χ3n) is 4.60. The summed E-state index contributed by atoms with van der Waals surface area (Å²) in [6, 6.07) is 18.0. The summed E-state index contributed by atoms with van der Waals surface area (Å²) in [5.74, 6) is -1.69. The molecule has 1 saturated heterocycles. The number of benzene rings is 2. The number of halogens is 1. The molecule has 1 fully saturated rings. The van der Waals surface area contributed by atoms with Crippen LogP contribution < -0.4 is 4.90 Å². The van der Waals surface area contributed by atoms with E-state index in [0.717, 1.165) is 0 Å². The van der Waals surface area contributed by atoms with Crippen molar-refractivity contribution in [1.29, 1.82) is 0 Å². The summed E-state index contributed by atoms with van der Waals surface area (Å²) < 4.78 is 0. The van der Waals surface area contributed by atoms with Gasteiger partial charge < -0.3 is 5.11 Å². The Morgan fingerprint density at radius 1 is 0.964 bits per heavy atom. The Morgan fingerprint density at radius 2 is 1.68 bits per heavy atom. The Morgan fingerprint density at radius 3 is 2.36 bits per heavy atom. The van der Waals surface area contributed by atoms with Crippen LogP contribution in [0.3, 0.4) is 0 Å². The van der Waals surface area contributed by atoms with E-state index in [2.05, 4.69) is 4.98 Å². The molecule has 0 radical (unpaired) electrons. The zero-order chi connectivity index (χ0) is 19.7. The molecule has 6 heteroatoms. The van der Waals surface area contributed by atoms with Crippen LogP contribution in [0.1, 0.15) is 17.2 Å². The van der Waals surface area contributed by atoms with E-state index in [1.165, 1.54) is 4.90 Å². The lowest BCUT2D eigenvalue weighted by Crippen LogP contribution is -2.29. The fraction of sp³-hybridized carbons (Fsp3) is 0.0455. The van der Waals surface area contributed by atoms with Gasteiger partial charge >= 0.3 is 0 Å². The van der Waals surface area contributed by atoms with Crippen LogP contribution in [-0.4, -0.2) is 21.8 Å². The first kappa shape index (κ1) is 17.9. The third-order valence-corrected chi connectivity index (χ3v) is 4.83. The van der Waals surface area contributed by atoms with E-state index in [1.54, 1.807) is 73.1 Å². The molecule has 28 heavy (non-hydrogen) atoms. The van der Waals surface area contributed by atoms with Crippen molar-refractivity contribution < 1.29 is 14.7 Å². The summed E-state index contributed by atoms with van der Waals surface area (Å²) in [5, 5.41) is 11.3. The molecular weight excluding hydrogens is 376 g/mol. The Kier molecular flexibility index (Phi) is 4.67. The first-order valence-electron chi connectivity index (χ1n) is 8.60. The monoisotopic (exact) mass is 390 g/mol. The molecule has 1 atom stereocenters. The van der Waals surface area contributed by atoms with Crippen LogP contribution in [0.15, 0.2) is 84.7 Å². The molecule has 4 rings (SSSR count). The molecular formula is C22H15ClN2O3. The van der Waals surface area contributed by atoms with Crippen molar-refractivity contribution in [3.05, 3.63) is 101 Å².